The van der Waals surface area contributed by atoms with Crippen LogP contribution < -0.4 is 4.90 Å². The molecule has 0 aliphatic heterocycles. The Morgan fingerprint density at radius 1 is 1.16 bits per heavy atom. The molecule has 4 rings (SSSR count). The van der Waals surface area contributed by atoms with E-state index in [-0.39, 0.29) is 12.6 Å². The van der Waals surface area contributed by atoms with Crippen molar-refractivity contribution in [1.29, 1.82) is 0 Å². The summed E-state index contributed by atoms with van der Waals surface area (Å²) in [4.78, 5) is 14.0. The van der Waals surface area contributed by atoms with Gasteiger partial charge in [0, 0.05) is 18.5 Å². The van der Waals surface area contributed by atoms with Gasteiger partial charge in [-0.25, -0.2) is 9.97 Å². The van der Waals surface area contributed by atoms with Crippen molar-refractivity contribution in [2.24, 2.45) is 0 Å². The van der Waals surface area contributed by atoms with Crippen LogP contribution in [-0.4, -0.2) is 28.7 Å². The molecule has 1 aromatic carbocycles. The summed E-state index contributed by atoms with van der Waals surface area (Å²) in [5.74, 6) is 0.992. The number of benzene rings is 1. The van der Waals surface area contributed by atoms with Crippen LogP contribution in [-0.2, 0) is 12.8 Å². The van der Waals surface area contributed by atoms with Gasteiger partial charge in [0.05, 0.1) is 11.4 Å². The van der Waals surface area contributed by atoms with E-state index in [9.17, 15) is 5.11 Å². The quantitative estimate of drug-likeness (QED) is 0.749. The second kappa shape index (κ2) is 7.10. The first-order chi connectivity index (χ1) is 12.3. The third kappa shape index (κ3) is 3.02. The summed E-state index contributed by atoms with van der Waals surface area (Å²) in [6.07, 6.45) is 7.17. The molecule has 4 nitrogen and oxygen atoms in total. The highest BCUT2D eigenvalue weighted by atomic mass is 32.1. The van der Waals surface area contributed by atoms with Crippen molar-refractivity contribution in [2.45, 2.75) is 38.1 Å². The first kappa shape index (κ1) is 16.5. The van der Waals surface area contributed by atoms with E-state index in [4.69, 9.17) is 0 Å². The van der Waals surface area contributed by atoms with Crippen molar-refractivity contribution < 1.29 is 5.11 Å². The smallest absolute Gasteiger partial charge is 0.141 e. The predicted octanol–water partition coefficient (Wildman–Crippen LogP) is 4.13. The minimum Gasteiger partial charge on any atom is -0.396 e. The van der Waals surface area contributed by atoms with E-state index in [0.717, 1.165) is 23.5 Å². The molecule has 1 aliphatic carbocycles. The predicted molar refractivity (Wildman–Crippen MR) is 103 cm³/mol. The van der Waals surface area contributed by atoms with Gasteiger partial charge in [-0.2, -0.15) is 0 Å². The molecule has 0 fully saturated rings. The second-order valence-corrected chi connectivity index (χ2v) is 7.72. The third-order valence-electron chi connectivity index (χ3n) is 5.12. The average molecular weight is 353 g/mol. The Hall–Kier alpha value is -1.98. The summed E-state index contributed by atoms with van der Waals surface area (Å²) >= 11 is 1.83. The second-order valence-electron chi connectivity index (χ2n) is 6.64. The Balaban J connectivity index is 1.81. The Kier molecular flexibility index (Phi) is 4.68. The van der Waals surface area contributed by atoms with Gasteiger partial charge in [0.25, 0.3) is 0 Å². The number of thiophene rings is 1. The molecule has 0 radical (unpaired) electrons. The number of aliphatic hydroxyl groups is 1. The molecule has 0 unspecified atom stereocenters. The molecule has 0 amide bonds. The normalized spacial score (nSPS) is 15.1. The molecule has 2 heterocycles. The fraction of sp³-hybridized carbons (Fsp3) is 0.400. The molecule has 0 saturated heterocycles. The van der Waals surface area contributed by atoms with Crippen LogP contribution in [0.15, 0.2) is 36.7 Å². The Morgan fingerprint density at radius 3 is 2.76 bits per heavy atom. The molecule has 2 aromatic heterocycles. The van der Waals surface area contributed by atoms with Crippen LogP contribution in [0.3, 0.4) is 0 Å². The maximum Gasteiger partial charge on any atom is 0.141 e. The number of anilines is 1. The van der Waals surface area contributed by atoms with Gasteiger partial charge in [-0.15, -0.1) is 11.3 Å². The molecule has 5 heteroatoms. The van der Waals surface area contributed by atoms with Crippen LogP contribution in [0.2, 0.25) is 0 Å². The lowest BCUT2D eigenvalue weighted by Gasteiger charge is -2.30. The number of aryl methyl sites for hydroxylation is 2. The largest absolute Gasteiger partial charge is 0.396 e. The van der Waals surface area contributed by atoms with E-state index in [2.05, 4.69) is 46.2 Å². The lowest BCUT2D eigenvalue weighted by molar-refractivity contribution is 0.274. The number of nitrogens with zero attached hydrogens (tertiary/aromatic N) is 3. The monoisotopic (exact) mass is 353 g/mol. The van der Waals surface area contributed by atoms with Gasteiger partial charge in [-0.05, 0) is 43.2 Å². The zero-order chi connectivity index (χ0) is 17.2. The van der Waals surface area contributed by atoms with E-state index in [1.165, 1.54) is 34.2 Å². The van der Waals surface area contributed by atoms with Crippen molar-refractivity contribution >= 4 is 27.4 Å². The summed E-state index contributed by atoms with van der Waals surface area (Å²) in [5.41, 5.74) is 2.65. The number of aliphatic hydroxyl groups excluding tert-OH is 1. The van der Waals surface area contributed by atoms with Crippen LogP contribution in [0.4, 0.5) is 5.82 Å². The van der Waals surface area contributed by atoms with E-state index < -0.39 is 0 Å². The SMILES string of the molecule is CN(c1ncnc2sc3c(c12)CCCC3)[C@@H](CCO)c1ccccc1. The summed E-state index contributed by atoms with van der Waals surface area (Å²) in [5, 5.41) is 10.8. The van der Waals surface area contributed by atoms with E-state index >= 15 is 0 Å². The zero-order valence-electron chi connectivity index (χ0n) is 14.5. The molecule has 3 aromatic rings. The minimum absolute atomic E-state index is 0.100. The molecule has 0 bridgehead atoms. The van der Waals surface area contributed by atoms with E-state index in [0.29, 0.717) is 6.42 Å². The Labute approximate surface area is 152 Å². The molecule has 1 atom stereocenters. The van der Waals surface area contributed by atoms with Crippen LogP contribution in [0.5, 0.6) is 0 Å². The van der Waals surface area contributed by atoms with Crippen molar-refractivity contribution in [1.82, 2.24) is 9.97 Å². The van der Waals surface area contributed by atoms with Gasteiger partial charge >= 0.3 is 0 Å². The summed E-state index contributed by atoms with van der Waals surface area (Å²) in [6.45, 7) is 0.153. The molecule has 130 valence electrons. The first-order valence-electron chi connectivity index (χ1n) is 8.93. The number of hydrogen-bond donors (Lipinski definition) is 1. The number of aromatic nitrogens is 2. The third-order valence-corrected chi connectivity index (χ3v) is 6.32. The summed E-state index contributed by atoms with van der Waals surface area (Å²) < 4.78 is 0. The zero-order valence-corrected chi connectivity index (χ0v) is 15.3. The topological polar surface area (TPSA) is 49.2 Å². The summed E-state index contributed by atoms with van der Waals surface area (Å²) in [7, 11) is 2.09. The number of hydrogen-bond acceptors (Lipinski definition) is 5. The minimum atomic E-state index is 0.100. The van der Waals surface area contributed by atoms with Gasteiger partial charge in [0.15, 0.2) is 0 Å². The lowest BCUT2D eigenvalue weighted by Crippen LogP contribution is -2.26. The van der Waals surface area contributed by atoms with Gasteiger partial charge in [-0.3, -0.25) is 0 Å². The van der Waals surface area contributed by atoms with Crippen LogP contribution in [0.1, 0.15) is 41.3 Å². The molecule has 1 aliphatic rings. The van der Waals surface area contributed by atoms with Crippen molar-refractivity contribution in [3.63, 3.8) is 0 Å². The molecular weight excluding hydrogens is 330 g/mol. The first-order valence-corrected chi connectivity index (χ1v) is 9.75. The Morgan fingerprint density at radius 2 is 1.96 bits per heavy atom. The van der Waals surface area contributed by atoms with Crippen molar-refractivity contribution in [3.05, 3.63) is 52.7 Å². The maximum atomic E-state index is 9.60. The molecule has 25 heavy (non-hydrogen) atoms. The molecule has 0 spiro atoms. The molecular formula is C20H23N3OS. The highest BCUT2D eigenvalue weighted by Gasteiger charge is 2.25. The van der Waals surface area contributed by atoms with Gasteiger partial charge in [0.2, 0.25) is 0 Å². The van der Waals surface area contributed by atoms with Crippen LogP contribution >= 0.6 is 11.3 Å². The number of fused-ring (bicyclic) bond motifs is 3. The van der Waals surface area contributed by atoms with Crippen LogP contribution in [0.25, 0.3) is 10.2 Å². The lowest BCUT2D eigenvalue weighted by atomic mass is 9.96. The van der Waals surface area contributed by atoms with Crippen molar-refractivity contribution in [2.75, 3.05) is 18.6 Å². The van der Waals surface area contributed by atoms with Crippen LogP contribution in [0, 0.1) is 0 Å². The van der Waals surface area contributed by atoms with Gasteiger partial charge in [-0.1, -0.05) is 30.3 Å². The standard InChI is InChI=1S/C20H23N3OS/c1-23(16(11-12-24)14-7-3-2-4-8-14)19-18-15-9-5-6-10-17(15)25-20(18)22-13-21-19/h2-4,7-8,13,16,24H,5-6,9-12H2,1H3/t16-/m0/s1. The molecule has 0 saturated carbocycles. The fourth-order valence-electron chi connectivity index (χ4n) is 3.87. The highest BCUT2D eigenvalue weighted by Crippen LogP contribution is 2.40. The molecule has 1 N–H and O–H groups in total. The average Bonchev–Trinajstić information content (AvgIpc) is 3.05. The van der Waals surface area contributed by atoms with Gasteiger partial charge < -0.3 is 10.0 Å². The van der Waals surface area contributed by atoms with E-state index in [1.54, 1.807) is 6.33 Å². The maximum absolute atomic E-state index is 9.60. The Bertz CT molecular complexity index is 862. The fourth-order valence-corrected chi connectivity index (χ4v) is 5.09. The summed E-state index contributed by atoms with van der Waals surface area (Å²) in [6, 6.07) is 10.5. The van der Waals surface area contributed by atoms with E-state index in [1.807, 2.05) is 17.4 Å². The highest BCUT2D eigenvalue weighted by molar-refractivity contribution is 7.19. The van der Waals surface area contributed by atoms with Gasteiger partial charge in [0.1, 0.15) is 17.0 Å². The van der Waals surface area contributed by atoms with Crippen molar-refractivity contribution in [3.8, 4) is 0 Å². The number of rotatable bonds is 5.